The minimum atomic E-state index is -0.351. The summed E-state index contributed by atoms with van der Waals surface area (Å²) in [5.74, 6) is 0. The number of ether oxygens (including phenoxy) is 2. The predicted molar refractivity (Wildman–Crippen MR) is 36.9 cm³/mol. The van der Waals surface area contributed by atoms with Gasteiger partial charge < -0.3 is 14.6 Å². The molecule has 0 atom stereocenters. The van der Waals surface area contributed by atoms with Crippen LogP contribution in [0.3, 0.4) is 0 Å². The standard InChI is InChI=1S/C7H14O3/c1-2-3-10-7(4-8)5-9-6-7/h8H,2-6H2,1H3. The summed E-state index contributed by atoms with van der Waals surface area (Å²) in [6.45, 7) is 3.93. The maximum Gasteiger partial charge on any atom is 0.137 e. The smallest absolute Gasteiger partial charge is 0.137 e. The van der Waals surface area contributed by atoms with Crippen molar-refractivity contribution in [1.29, 1.82) is 0 Å². The molecule has 0 aromatic rings. The molecule has 10 heavy (non-hydrogen) atoms. The lowest BCUT2D eigenvalue weighted by molar-refractivity contribution is -0.225. The monoisotopic (exact) mass is 146 g/mol. The first-order chi connectivity index (χ1) is 4.83. The second-order valence-electron chi connectivity index (χ2n) is 2.68. The third-order valence-electron chi connectivity index (χ3n) is 1.63. The summed E-state index contributed by atoms with van der Waals surface area (Å²) in [5, 5.41) is 8.86. The zero-order chi connectivity index (χ0) is 7.45. The Hall–Kier alpha value is -0.120. The molecule has 60 valence electrons. The quantitative estimate of drug-likeness (QED) is 0.614. The second kappa shape index (κ2) is 3.32. The Labute approximate surface area is 60.9 Å². The molecule has 0 aliphatic carbocycles. The van der Waals surface area contributed by atoms with E-state index in [-0.39, 0.29) is 12.2 Å². The molecular formula is C7H14O3. The number of aliphatic hydroxyl groups excluding tert-OH is 1. The van der Waals surface area contributed by atoms with E-state index in [2.05, 4.69) is 0 Å². The lowest BCUT2D eigenvalue weighted by atomic mass is 10.0. The van der Waals surface area contributed by atoms with Gasteiger partial charge in [0.15, 0.2) is 0 Å². The molecule has 0 amide bonds. The molecule has 1 aliphatic rings. The summed E-state index contributed by atoms with van der Waals surface area (Å²) in [4.78, 5) is 0. The number of aliphatic hydroxyl groups is 1. The summed E-state index contributed by atoms with van der Waals surface area (Å²) in [5.41, 5.74) is -0.351. The molecule has 1 heterocycles. The summed E-state index contributed by atoms with van der Waals surface area (Å²) < 4.78 is 10.3. The second-order valence-corrected chi connectivity index (χ2v) is 2.68. The molecule has 0 bridgehead atoms. The van der Waals surface area contributed by atoms with Crippen molar-refractivity contribution >= 4 is 0 Å². The molecule has 1 rings (SSSR count). The van der Waals surface area contributed by atoms with Crippen molar-refractivity contribution < 1.29 is 14.6 Å². The fourth-order valence-corrected chi connectivity index (χ4v) is 0.869. The van der Waals surface area contributed by atoms with Crippen LogP contribution in [0, 0.1) is 0 Å². The summed E-state index contributed by atoms with van der Waals surface area (Å²) in [7, 11) is 0. The highest BCUT2D eigenvalue weighted by Crippen LogP contribution is 2.20. The van der Waals surface area contributed by atoms with E-state index < -0.39 is 0 Å². The van der Waals surface area contributed by atoms with Crippen molar-refractivity contribution in [3.63, 3.8) is 0 Å². The van der Waals surface area contributed by atoms with Crippen LogP contribution >= 0.6 is 0 Å². The van der Waals surface area contributed by atoms with Crippen LogP contribution in [0.2, 0.25) is 0 Å². The van der Waals surface area contributed by atoms with Crippen LogP contribution in [-0.4, -0.2) is 37.1 Å². The van der Waals surface area contributed by atoms with Crippen LogP contribution in [-0.2, 0) is 9.47 Å². The van der Waals surface area contributed by atoms with Gasteiger partial charge in [-0.05, 0) is 6.42 Å². The van der Waals surface area contributed by atoms with E-state index in [0.29, 0.717) is 19.8 Å². The molecule has 0 saturated carbocycles. The fraction of sp³-hybridized carbons (Fsp3) is 1.00. The zero-order valence-electron chi connectivity index (χ0n) is 6.30. The Morgan fingerprint density at radius 1 is 1.60 bits per heavy atom. The molecule has 0 radical (unpaired) electrons. The van der Waals surface area contributed by atoms with E-state index in [1.807, 2.05) is 6.92 Å². The van der Waals surface area contributed by atoms with E-state index in [0.717, 1.165) is 6.42 Å². The van der Waals surface area contributed by atoms with Crippen LogP contribution in [0.4, 0.5) is 0 Å². The van der Waals surface area contributed by atoms with Crippen LogP contribution in [0.25, 0.3) is 0 Å². The molecule has 0 aromatic heterocycles. The van der Waals surface area contributed by atoms with Crippen molar-refractivity contribution in [2.24, 2.45) is 0 Å². The Bertz CT molecular complexity index is 93.5. The Morgan fingerprint density at radius 3 is 2.60 bits per heavy atom. The lowest BCUT2D eigenvalue weighted by Crippen LogP contribution is -2.54. The lowest BCUT2D eigenvalue weighted by Gasteiger charge is -2.39. The minimum Gasteiger partial charge on any atom is -0.393 e. The Kier molecular flexibility index (Phi) is 2.65. The fourth-order valence-electron chi connectivity index (χ4n) is 0.869. The van der Waals surface area contributed by atoms with E-state index in [1.54, 1.807) is 0 Å². The van der Waals surface area contributed by atoms with Gasteiger partial charge in [-0.1, -0.05) is 6.92 Å². The van der Waals surface area contributed by atoms with Crippen LogP contribution in [0.5, 0.6) is 0 Å². The van der Waals surface area contributed by atoms with Crippen molar-refractivity contribution in [2.75, 3.05) is 26.4 Å². The topological polar surface area (TPSA) is 38.7 Å². The molecule has 3 heteroatoms. The molecule has 3 nitrogen and oxygen atoms in total. The van der Waals surface area contributed by atoms with Crippen LogP contribution in [0.1, 0.15) is 13.3 Å². The number of hydrogen-bond acceptors (Lipinski definition) is 3. The van der Waals surface area contributed by atoms with Gasteiger partial charge in [0.2, 0.25) is 0 Å². The zero-order valence-corrected chi connectivity index (χ0v) is 6.30. The third kappa shape index (κ3) is 1.48. The van der Waals surface area contributed by atoms with Crippen molar-refractivity contribution in [2.45, 2.75) is 18.9 Å². The van der Waals surface area contributed by atoms with Gasteiger partial charge in [0.25, 0.3) is 0 Å². The van der Waals surface area contributed by atoms with Gasteiger partial charge in [0, 0.05) is 6.61 Å². The van der Waals surface area contributed by atoms with Gasteiger partial charge in [-0.3, -0.25) is 0 Å². The third-order valence-corrected chi connectivity index (χ3v) is 1.63. The van der Waals surface area contributed by atoms with E-state index in [1.165, 1.54) is 0 Å². The highest BCUT2D eigenvalue weighted by molar-refractivity contribution is 4.86. The van der Waals surface area contributed by atoms with Gasteiger partial charge in [-0.2, -0.15) is 0 Å². The molecule has 0 spiro atoms. The van der Waals surface area contributed by atoms with Crippen molar-refractivity contribution in [3.8, 4) is 0 Å². The first kappa shape index (κ1) is 7.98. The molecule has 0 unspecified atom stereocenters. The van der Waals surface area contributed by atoms with Crippen molar-refractivity contribution in [3.05, 3.63) is 0 Å². The molecular weight excluding hydrogens is 132 g/mol. The Morgan fingerprint density at radius 2 is 2.30 bits per heavy atom. The molecule has 1 saturated heterocycles. The Balaban J connectivity index is 2.20. The van der Waals surface area contributed by atoms with Gasteiger partial charge in [0.1, 0.15) is 5.60 Å². The van der Waals surface area contributed by atoms with Gasteiger partial charge in [-0.15, -0.1) is 0 Å². The number of hydrogen-bond donors (Lipinski definition) is 1. The highest BCUT2D eigenvalue weighted by Gasteiger charge is 2.38. The van der Waals surface area contributed by atoms with E-state index in [9.17, 15) is 0 Å². The summed E-state index contributed by atoms with van der Waals surface area (Å²) in [6, 6.07) is 0. The highest BCUT2D eigenvalue weighted by atomic mass is 16.6. The average Bonchev–Trinajstić information content (AvgIpc) is 1.87. The van der Waals surface area contributed by atoms with Gasteiger partial charge in [0.05, 0.1) is 19.8 Å². The predicted octanol–water partition coefficient (Wildman–Crippen LogP) is 0.174. The molecule has 0 aromatic carbocycles. The van der Waals surface area contributed by atoms with Gasteiger partial charge in [-0.25, -0.2) is 0 Å². The largest absolute Gasteiger partial charge is 0.393 e. The molecule has 1 N–H and O–H groups in total. The maximum atomic E-state index is 8.86. The SMILES string of the molecule is CCCOC1(CO)COC1. The summed E-state index contributed by atoms with van der Waals surface area (Å²) in [6.07, 6.45) is 0.988. The van der Waals surface area contributed by atoms with Crippen molar-refractivity contribution in [1.82, 2.24) is 0 Å². The average molecular weight is 146 g/mol. The minimum absolute atomic E-state index is 0.0764. The first-order valence-electron chi connectivity index (χ1n) is 3.65. The molecule has 1 aliphatic heterocycles. The molecule has 1 fully saturated rings. The van der Waals surface area contributed by atoms with E-state index >= 15 is 0 Å². The summed E-state index contributed by atoms with van der Waals surface area (Å²) >= 11 is 0. The normalized spacial score (nSPS) is 22.2. The van der Waals surface area contributed by atoms with Gasteiger partial charge >= 0.3 is 0 Å². The number of rotatable bonds is 4. The van der Waals surface area contributed by atoms with Crippen LogP contribution < -0.4 is 0 Å². The first-order valence-corrected chi connectivity index (χ1v) is 3.65. The van der Waals surface area contributed by atoms with Crippen LogP contribution in [0.15, 0.2) is 0 Å². The van der Waals surface area contributed by atoms with E-state index in [4.69, 9.17) is 14.6 Å². The maximum absolute atomic E-state index is 8.86.